The fraction of sp³-hybridized carbons (Fsp3) is 0.214. The maximum Gasteiger partial charge on any atom is 0.446 e. The van der Waals surface area contributed by atoms with E-state index in [4.69, 9.17) is 11.6 Å². The van der Waals surface area contributed by atoms with Gasteiger partial charge >= 0.3 is 5.51 Å². The standard InChI is InChI=1S/C14H12ClF3N2S/c1-9-6-12(13(15)20-7-9)19-8-10-2-4-11(5-3-10)21-14(16,17)18/h2-7,19H,8H2,1H3. The Morgan fingerprint density at radius 3 is 2.52 bits per heavy atom. The topological polar surface area (TPSA) is 24.9 Å². The highest BCUT2D eigenvalue weighted by Crippen LogP contribution is 2.36. The van der Waals surface area contributed by atoms with Gasteiger partial charge in [0.2, 0.25) is 0 Å². The summed E-state index contributed by atoms with van der Waals surface area (Å²) in [6.45, 7) is 2.36. The van der Waals surface area contributed by atoms with Crippen LogP contribution in [-0.2, 0) is 6.54 Å². The smallest absolute Gasteiger partial charge is 0.378 e. The number of nitrogens with one attached hydrogen (secondary N) is 1. The van der Waals surface area contributed by atoms with Gasteiger partial charge in [-0.15, -0.1) is 0 Å². The Morgan fingerprint density at radius 2 is 1.90 bits per heavy atom. The summed E-state index contributed by atoms with van der Waals surface area (Å²) < 4.78 is 36.7. The van der Waals surface area contributed by atoms with Crippen LogP contribution in [0.4, 0.5) is 18.9 Å². The van der Waals surface area contributed by atoms with E-state index in [0.29, 0.717) is 17.4 Å². The van der Waals surface area contributed by atoms with Crippen molar-refractivity contribution in [1.82, 2.24) is 4.98 Å². The van der Waals surface area contributed by atoms with Crippen LogP contribution >= 0.6 is 23.4 Å². The van der Waals surface area contributed by atoms with Crippen LogP contribution in [-0.4, -0.2) is 10.5 Å². The number of anilines is 1. The molecule has 1 aromatic heterocycles. The summed E-state index contributed by atoms with van der Waals surface area (Å²) in [5.41, 5.74) is -1.73. The summed E-state index contributed by atoms with van der Waals surface area (Å²) >= 11 is 5.84. The zero-order valence-electron chi connectivity index (χ0n) is 11.0. The predicted molar refractivity (Wildman–Crippen MR) is 79.7 cm³/mol. The van der Waals surface area contributed by atoms with Gasteiger partial charge in [0.15, 0.2) is 5.15 Å². The van der Waals surface area contributed by atoms with E-state index in [0.717, 1.165) is 11.1 Å². The van der Waals surface area contributed by atoms with Crippen molar-refractivity contribution in [2.24, 2.45) is 0 Å². The summed E-state index contributed by atoms with van der Waals surface area (Å²) in [5, 5.41) is 3.48. The van der Waals surface area contributed by atoms with Gasteiger partial charge in [0.1, 0.15) is 0 Å². The van der Waals surface area contributed by atoms with Gasteiger partial charge in [0.05, 0.1) is 5.69 Å². The minimum Gasteiger partial charge on any atom is -0.378 e. The first-order chi connectivity index (χ1) is 9.83. The van der Waals surface area contributed by atoms with Crippen LogP contribution in [0.25, 0.3) is 0 Å². The molecule has 0 aliphatic heterocycles. The van der Waals surface area contributed by atoms with E-state index in [9.17, 15) is 13.2 Å². The summed E-state index contributed by atoms with van der Waals surface area (Å²) in [6, 6.07) is 8.07. The Bertz CT molecular complexity index is 615. The number of nitrogens with zero attached hydrogens (tertiary/aromatic N) is 1. The lowest BCUT2D eigenvalue weighted by atomic mass is 10.2. The highest BCUT2D eigenvalue weighted by molar-refractivity contribution is 8.00. The van der Waals surface area contributed by atoms with E-state index in [1.54, 1.807) is 18.3 Å². The molecule has 21 heavy (non-hydrogen) atoms. The number of hydrogen-bond acceptors (Lipinski definition) is 3. The van der Waals surface area contributed by atoms with Crippen LogP contribution in [0, 0.1) is 6.92 Å². The van der Waals surface area contributed by atoms with Crippen molar-refractivity contribution in [1.29, 1.82) is 0 Å². The lowest BCUT2D eigenvalue weighted by Gasteiger charge is -2.10. The summed E-state index contributed by atoms with van der Waals surface area (Å²) in [5.74, 6) is 0. The molecule has 0 fully saturated rings. The zero-order valence-corrected chi connectivity index (χ0v) is 12.6. The molecule has 2 aromatic rings. The van der Waals surface area contributed by atoms with E-state index in [-0.39, 0.29) is 16.7 Å². The first kappa shape index (κ1) is 16.0. The lowest BCUT2D eigenvalue weighted by Crippen LogP contribution is -2.02. The summed E-state index contributed by atoms with van der Waals surface area (Å²) in [6.07, 6.45) is 1.66. The van der Waals surface area contributed by atoms with Crippen LogP contribution in [0.3, 0.4) is 0 Å². The van der Waals surface area contributed by atoms with Crippen LogP contribution < -0.4 is 5.32 Å². The molecule has 1 aromatic carbocycles. The first-order valence-electron chi connectivity index (χ1n) is 6.04. The molecular weight excluding hydrogens is 321 g/mol. The third-order valence-electron chi connectivity index (χ3n) is 2.62. The zero-order chi connectivity index (χ0) is 15.5. The Balaban J connectivity index is 1.99. The average Bonchev–Trinajstić information content (AvgIpc) is 2.40. The molecule has 7 heteroatoms. The second-order valence-corrected chi connectivity index (χ2v) is 5.89. The monoisotopic (exact) mass is 332 g/mol. The number of rotatable bonds is 4. The van der Waals surface area contributed by atoms with Gasteiger partial charge in [-0.25, -0.2) is 4.98 Å². The van der Waals surface area contributed by atoms with Gasteiger partial charge in [-0.05, 0) is 48.0 Å². The highest BCUT2D eigenvalue weighted by atomic mass is 35.5. The van der Waals surface area contributed by atoms with Crippen LogP contribution in [0.1, 0.15) is 11.1 Å². The van der Waals surface area contributed by atoms with Crippen molar-refractivity contribution >= 4 is 29.1 Å². The van der Waals surface area contributed by atoms with E-state index in [1.807, 2.05) is 13.0 Å². The van der Waals surface area contributed by atoms with Gasteiger partial charge in [-0.3, -0.25) is 0 Å². The van der Waals surface area contributed by atoms with Gasteiger partial charge in [0, 0.05) is 17.6 Å². The number of aromatic nitrogens is 1. The molecule has 0 saturated carbocycles. The minimum atomic E-state index is -4.26. The molecule has 0 amide bonds. The maximum atomic E-state index is 12.2. The molecule has 2 nitrogen and oxygen atoms in total. The van der Waals surface area contributed by atoms with Crippen molar-refractivity contribution in [3.05, 3.63) is 52.8 Å². The minimum absolute atomic E-state index is 0.123. The number of thioether (sulfide) groups is 1. The number of alkyl halides is 3. The van der Waals surface area contributed by atoms with Gasteiger partial charge in [0.25, 0.3) is 0 Å². The third-order valence-corrected chi connectivity index (χ3v) is 3.66. The summed E-state index contributed by atoms with van der Waals surface area (Å²) in [4.78, 5) is 4.19. The maximum absolute atomic E-state index is 12.2. The fourth-order valence-electron chi connectivity index (χ4n) is 1.68. The van der Waals surface area contributed by atoms with Crippen LogP contribution in [0.15, 0.2) is 41.4 Å². The SMILES string of the molecule is Cc1cnc(Cl)c(NCc2ccc(SC(F)(F)F)cc2)c1. The Labute approximate surface area is 129 Å². The first-order valence-corrected chi connectivity index (χ1v) is 7.23. The molecule has 0 radical (unpaired) electrons. The van der Waals surface area contributed by atoms with E-state index >= 15 is 0 Å². The third kappa shape index (κ3) is 5.13. The quantitative estimate of drug-likeness (QED) is 0.610. The Kier molecular flexibility index (Phi) is 5.00. The Morgan fingerprint density at radius 1 is 1.24 bits per heavy atom. The molecule has 0 saturated heterocycles. The predicted octanol–water partition coefficient (Wildman–Crippen LogP) is 5.27. The number of aryl methyl sites for hydroxylation is 1. The molecule has 112 valence electrons. The normalized spacial score (nSPS) is 11.5. The van der Waals surface area contributed by atoms with Gasteiger partial charge < -0.3 is 5.32 Å². The van der Waals surface area contributed by atoms with Gasteiger partial charge in [-0.1, -0.05) is 23.7 Å². The Hall–Kier alpha value is -1.40. The molecule has 2 rings (SSSR count). The van der Waals surface area contributed by atoms with Crippen molar-refractivity contribution < 1.29 is 13.2 Å². The molecule has 0 unspecified atom stereocenters. The number of pyridine rings is 1. The molecule has 0 atom stereocenters. The number of benzene rings is 1. The van der Waals surface area contributed by atoms with Crippen molar-refractivity contribution in [3.63, 3.8) is 0 Å². The molecule has 0 aliphatic carbocycles. The second kappa shape index (κ2) is 6.58. The molecule has 0 aliphatic rings. The number of hydrogen-bond donors (Lipinski definition) is 1. The number of halogens is 4. The van der Waals surface area contributed by atoms with Gasteiger partial charge in [-0.2, -0.15) is 13.2 Å². The van der Waals surface area contributed by atoms with E-state index < -0.39 is 5.51 Å². The van der Waals surface area contributed by atoms with Crippen molar-refractivity contribution in [2.75, 3.05) is 5.32 Å². The van der Waals surface area contributed by atoms with Crippen LogP contribution in [0.5, 0.6) is 0 Å². The van der Waals surface area contributed by atoms with E-state index in [2.05, 4.69) is 10.3 Å². The van der Waals surface area contributed by atoms with Crippen molar-refractivity contribution in [2.45, 2.75) is 23.9 Å². The summed E-state index contributed by atoms with van der Waals surface area (Å²) in [7, 11) is 0. The molecule has 1 N–H and O–H groups in total. The lowest BCUT2D eigenvalue weighted by molar-refractivity contribution is -0.0328. The highest BCUT2D eigenvalue weighted by Gasteiger charge is 2.28. The second-order valence-electron chi connectivity index (χ2n) is 4.40. The van der Waals surface area contributed by atoms with Crippen molar-refractivity contribution in [3.8, 4) is 0 Å². The fourth-order valence-corrected chi connectivity index (χ4v) is 2.39. The molecular formula is C14H12ClF3N2S. The van der Waals surface area contributed by atoms with E-state index in [1.165, 1.54) is 12.1 Å². The largest absolute Gasteiger partial charge is 0.446 e. The molecule has 0 spiro atoms. The molecule has 0 bridgehead atoms. The average molecular weight is 333 g/mol. The molecule has 1 heterocycles. The van der Waals surface area contributed by atoms with Crippen LogP contribution in [0.2, 0.25) is 5.15 Å².